The Balaban J connectivity index is 2.22. The van der Waals surface area contributed by atoms with Crippen molar-refractivity contribution in [2.75, 3.05) is 12.9 Å². The van der Waals surface area contributed by atoms with Crippen LogP contribution in [-0.4, -0.2) is 31.0 Å². The van der Waals surface area contributed by atoms with Crippen molar-refractivity contribution < 1.29 is 17.1 Å². The molecule has 0 saturated heterocycles. The van der Waals surface area contributed by atoms with Gasteiger partial charge in [-0.1, -0.05) is 11.6 Å². The maximum absolute atomic E-state index is 11.5. The van der Waals surface area contributed by atoms with Crippen LogP contribution < -0.4 is 5.76 Å². The lowest BCUT2D eigenvalue weighted by Gasteiger charge is -2.14. The highest BCUT2D eigenvalue weighted by Crippen LogP contribution is 2.21. The SMILES string of the molecule is CS(=O)(=O)OCC1CCCCc2noc(=O)n21. The number of fused-ring (bicyclic) bond motifs is 1. The number of hydrogen-bond acceptors (Lipinski definition) is 6. The van der Waals surface area contributed by atoms with Crippen molar-refractivity contribution in [1.29, 1.82) is 0 Å². The van der Waals surface area contributed by atoms with E-state index >= 15 is 0 Å². The van der Waals surface area contributed by atoms with Gasteiger partial charge in [0.05, 0.1) is 18.9 Å². The summed E-state index contributed by atoms with van der Waals surface area (Å²) in [5, 5.41) is 3.68. The van der Waals surface area contributed by atoms with Crippen LogP contribution in [0.5, 0.6) is 0 Å². The van der Waals surface area contributed by atoms with Gasteiger partial charge in [0.2, 0.25) is 0 Å². The minimum atomic E-state index is -3.50. The van der Waals surface area contributed by atoms with Crippen molar-refractivity contribution in [2.24, 2.45) is 0 Å². The normalized spacial score (nSPS) is 20.9. The molecule has 7 nitrogen and oxygen atoms in total. The summed E-state index contributed by atoms with van der Waals surface area (Å²) < 4.78 is 32.6. The molecule has 0 N–H and O–H groups in total. The average Bonchev–Trinajstić information content (AvgIpc) is 2.48. The van der Waals surface area contributed by atoms with E-state index < -0.39 is 15.9 Å². The van der Waals surface area contributed by atoms with Crippen LogP contribution in [0.15, 0.2) is 9.32 Å². The highest BCUT2D eigenvalue weighted by atomic mass is 32.2. The second-order valence-corrected chi connectivity index (χ2v) is 5.77. The summed E-state index contributed by atoms with van der Waals surface area (Å²) in [5.41, 5.74) is 0. The van der Waals surface area contributed by atoms with Crippen molar-refractivity contribution >= 4 is 10.1 Å². The number of aromatic nitrogens is 2. The zero-order valence-electron chi connectivity index (χ0n) is 9.46. The van der Waals surface area contributed by atoms with Crippen molar-refractivity contribution in [3.05, 3.63) is 16.4 Å². The fraction of sp³-hybridized carbons (Fsp3) is 0.778. The zero-order chi connectivity index (χ0) is 12.5. The van der Waals surface area contributed by atoms with Crippen molar-refractivity contribution in [1.82, 2.24) is 9.72 Å². The fourth-order valence-corrected chi connectivity index (χ4v) is 2.37. The van der Waals surface area contributed by atoms with E-state index in [1.807, 2.05) is 0 Å². The fourth-order valence-electron chi connectivity index (χ4n) is 1.96. The first-order valence-electron chi connectivity index (χ1n) is 5.39. The van der Waals surface area contributed by atoms with Gasteiger partial charge in [-0.05, 0) is 12.8 Å². The molecule has 17 heavy (non-hydrogen) atoms. The predicted octanol–water partition coefficient (Wildman–Crippen LogP) is 0.0800. The van der Waals surface area contributed by atoms with Crippen LogP contribution in [0.25, 0.3) is 0 Å². The summed E-state index contributed by atoms with van der Waals surface area (Å²) in [6, 6.07) is -0.319. The van der Waals surface area contributed by atoms with E-state index in [2.05, 4.69) is 9.68 Å². The third-order valence-corrected chi connectivity index (χ3v) is 3.30. The van der Waals surface area contributed by atoms with Crippen LogP contribution in [-0.2, 0) is 20.7 Å². The number of nitrogens with zero attached hydrogens (tertiary/aromatic N) is 2. The van der Waals surface area contributed by atoms with Gasteiger partial charge in [-0.2, -0.15) is 8.42 Å². The van der Waals surface area contributed by atoms with Gasteiger partial charge in [0.25, 0.3) is 10.1 Å². The van der Waals surface area contributed by atoms with Crippen LogP contribution >= 0.6 is 0 Å². The Morgan fingerprint density at radius 1 is 1.53 bits per heavy atom. The summed E-state index contributed by atoms with van der Waals surface area (Å²) >= 11 is 0. The minimum absolute atomic E-state index is 0.0487. The second kappa shape index (κ2) is 4.61. The third-order valence-electron chi connectivity index (χ3n) is 2.73. The van der Waals surface area contributed by atoms with Gasteiger partial charge >= 0.3 is 5.76 Å². The third kappa shape index (κ3) is 2.95. The van der Waals surface area contributed by atoms with Gasteiger partial charge in [-0.15, -0.1) is 0 Å². The van der Waals surface area contributed by atoms with Gasteiger partial charge in [0, 0.05) is 6.42 Å². The first kappa shape index (κ1) is 12.3. The summed E-state index contributed by atoms with van der Waals surface area (Å²) in [6.45, 7) is -0.0487. The van der Waals surface area contributed by atoms with E-state index in [-0.39, 0.29) is 12.6 Å². The smallest absolute Gasteiger partial charge is 0.296 e. The maximum Gasteiger partial charge on any atom is 0.441 e. The Bertz CT molecular complexity index is 544. The zero-order valence-corrected chi connectivity index (χ0v) is 10.3. The second-order valence-electron chi connectivity index (χ2n) is 4.12. The molecule has 1 aromatic heterocycles. The lowest BCUT2D eigenvalue weighted by atomic mass is 10.1. The molecule has 1 aliphatic heterocycles. The molecule has 1 atom stereocenters. The molecule has 1 unspecified atom stereocenters. The summed E-state index contributed by atoms with van der Waals surface area (Å²) in [7, 11) is -3.50. The molecule has 1 aliphatic rings. The number of aryl methyl sites for hydroxylation is 1. The first-order valence-corrected chi connectivity index (χ1v) is 7.20. The molecule has 2 heterocycles. The summed E-state index contributed by atoms with van der Waals surface area (Å²) in [5.74, 6) is 0.0126. The molecule has 0 saturated carbocycles. The van der Waals surface area contributed by atoms with Crippen molar-refractivity contribution in [2.45, 2.75) is 31.7 Å². The van der Waals surface area contributed by atoms with E-state index in [9.17, 15) is 13.2 Å². The van der Waals surface area contributed by atoms with Gasteiger partial charge in [0.15, 0.2) is 5.82 Å². The highest BCUT2D eigenvalue weighted by Gasteiger charge is 2.24. The van der Waals surface area contributed by atoms with Gasteiger partial charge < -0.3 is 0 Å². The predicted molar refractivity (Wildman–Crippen MR) is 58.2 cm³/mol. The Kier molecular flexibility index (Phi) is 3.34. The summed E-state index contributed by atoms with van der Waals surface area (Å²) in [6.07, 6.45) is 4.15. The Morgan fingerprint density at radius 2 is 2.29 bits per heavy atom. The van der Waals surface area contributed by atoms with Gasteiger partial charge in [-0.25, -0.2) is 4.79 Å². The van der Waals surface area contributed by atoms with E-state index in [0.29, 0.717) is 18.7 Å². The molecule has 1 aromatic rings. The molecule has 2 rings (SSSR count). The Hall–Kier alpha value is -1.15. The van der Waals surface area contributed by atoms with E-state index in [0.717, 1.165) is 19.1 Å². The average molecular weight is 262 g/mol. The van der Waals surface area contributed by atoms with Crippen LogP contribution in [0.1, 0.15) is 31.1 Å². The summed E-state index contributed by atoms with van der Waals surface area (Å²) in [4.78, 5) is 11.5. The van der Waals surface area contributed by atoms with Gasteiger partial charge in [0.1, 0.15) is 0 Å². The molecule has 8 heteroatoms. The van der Waals surface area contributed by atoms with Crippen LogP contribution in [0.3, 0.4) is 0 Å². The van der Waals surface area contributed by atoms with Crippen LogP contribution in [0.4, 0.5) is 0 Å². The topological polar surface area (TPSA) is 91.4 Å². The van der Waals surface area contributed by atoms with E-state index in [1.165, 1.54) is 4.57 Å². The Morgan fingerprint density at radius 3 is 3.00 bits per heavy atom. The molecule has 0 amide bonds. The lowest BCUT2D eigenvalue weighted by molar-refractivity contribution is 0.238. The minimum Gasteiger partial charge on any atom is -0.296 e. The number of rotatable bonds is 3. The Labute approximate surface area is 98.5 Å². The van der Waals surface area contributed by atoms with Crippen LogP contribution in [0.2, 0.25) is 0 Å². The standard InChI is InChI=1S/C9H14N2O5S/c1-17(13,14)15-6-7-4-2-3-5-8-10-16-9(12)11(7)8/h7H,2-6H2,1H3. The quantitative estimate of drug-likeness (QED) is 0.716. The largest absolute Gasteiger partial charge is 0.441 e. The molecule has 0 aromatic carbocycles. The molecule has 0 fully saturated rings. The molecule has 0 radical (unpaired) electrons. The molecule has 0 spiro atoms. The molecule has 0 aliphatic carbocycles. The number of hydrogen-bond donors (Lipinski definition) is 0. The first-order chi connectivity index (χ1) is 7.97. The maximum atomic E-state index is 11.5. The van der Waals surface area contributed by atoms with Gasteiger partial charge in [-0.3, -0.25) is 13.3 Å². The molecular formula is C9H14N2O5S. The molecule has 96 valence electrons. The highest BCUT2D eigenvalue weighted by molar-refractivity contribution is 7.85. The van der Waals surface area contributed by atoms with Crippen LogP contribution in [0, 0.1) is 0 Å². The molecular weight excluding hydrogens is 248 g/mol. The molecule has 0 bridgehead atoms. The monoisotopic (exact) mass is 262 g/mol. The van der Waals surface area contributed by atoms with Crippen molar-refractivity contribution in [3.8, 4) is 0 Å². The van der Waals surface area contributed by atoms with E-state index in [4.69, 9.17) is 4.18 Å². The van der Waals surface area contributed by atoms with Crippen molar-refractivity contribution in [3.63, 3.8) is 0 Å². The lowest BCUT2D eigenvalue weighted by Crippen LogP contribution is -2.26. The van der Waals surface area contributed by atoms with E-state index in [1.54, 1.807) is 0 Å².